The molecule has 1 N–H and O–H groups in total. The fraction of sp³-hybridized carbons (Fsp3) is 0.357. The predicted molar refractivity (Wildman–Crippen MR) is 71.7 cm³/mol. The first-order valence-corrected chi connectivity index (χ1v) is 6.02. The van der Waals surface area contributed by atoms with Crippen LogP contribution in [-0.2, 0) is 13.5 Å². The summed E-state index contributed by atoms with van der Waals surface area (Å²) in [5.41, 5.74) is 2.33. The van der Waals surface area contributed by atoms with E-state index in [0.717, 1.165) is 17.9 Å². The van der Waals surface area contributed by atoms with E-state index in [2.05, 4.69) is 22.5 Å². The molecule has 0 fully saturated rings. The van der Waals surface area contributed by atoms with Crippen molar-refractivity contribution in [3.05, 3.63) is 47.8 Å². The molecule has 0 saturated carbocycles. The van der Waals surface area contributed by atoms with Crippen molar-refractivity contribution in [3.8, 4) is 5.75 Å². The van der Waals surface area contributed by atoms with Gasteiger partial charge in [-0.3, -0.25) is 4.68 Å². The largest absolute Gasteiger partial charge is 0.497 e. The van der Waals surface area contributed by atoms with Gasteiger partial charge in [-0.2, -0.15) is 5.10 Å². The van der Waals surface area contributed by atoms with Crippen molar-refractivity contribution in [2.45, 2.75) is 12.5 Å². The number of nitrogens with zero attached hydrogens (tertiary/aromatic N) is 2. The third kappa shape index (κ3) is 2.90. The Labute approximate surface area is 108 Å². The van der Waals surface area contributed by atoms with Gasteiger partial charge in [0.1, 0.15) is 5.75 Å². The van der Waals surface area contributed by atoms with Crippen LogP contribution in [0.1, 0.15) is 17.3 Å². The second kappa shape index (κ2) is 5.69. The van der Waals surface area contributed by atoms with Crippen molar-refractivity contribution in [3.63, 3.8) is 0 Å². The van der Waals surface area contributed by atoms with Crippen LogP contribution in [0.25, 0.3) is 0 Å². The van der Waals surface area contributed by atoms with E-state index >= 15 is 0 Å². The van der Waals surface area contributed by atoms with Crippen molar-refractivity contribution in [2.24, 2.45) is 7.05 Å². The highest BCUT2D eigenvalue weighted by molar-refractivity contribution is 5.29. The molecule has 2 rings (SSSR count). The monoisotopic (exact) mass is 245 g/mol. The summed E-state index contributed by atoms with van der Waals surface area (Å²) in [7, 11) is 5.58. The maximum absolute atomic E-state index is 5.17. The van der Waals surface area contributed by atoms with Gasteiger partial charge in [-0.1, -0.05) is 12.1 Å². The molecular formula is C14H19N3O. The molecule has 4 nitrogen and oxygen atoms in total. The van der Waals surface area contributed by atoms with Crippen LogP contribution in [0.5, 0.6) is 5.75 Å². The number of methoxy groups -OCH3 is 1. The van der Waals surface area contributed by atoms with E-state index in [4.69, 9.17) is 4.74 Å². The Morgan fingerprint density at radius 3 is 2.50 bits per heavy atom. The van der Waals surface area contributed by atoms with Gasteiger partial charge < -0.3 is 10.1 Å². The van der Waals surface area contributed by atoms with E-state index in [0.29, 0.717) is 0 Å². The smallest absolute Gasteiger partial charge is 0.118 e. The fourth-order valence-electron chi connectivity index (χ4n) is 2.00. The van der Waals surface area contributed by atoms with Crippen molar-refractivity contribution in [1.29, 1.82) is 0 Å². The normalized spacial score (nSPS) is 12.4. The van der Waals surface area contributed by atoms with Crippen LogP contribution in [0.2, 0.25) is 0 Å². The first-order valence-electron chi connectivity index (χ1n) is 6.02. The summed E-state index contributed by atoms with van der Waals surface area (Å²) in [6, 6.07) is 10.5. The predicted octanol–water partition coefficient (Wildman–Crippen LogP) is 1.93. The average molecular weight is 245 g/mol. The molecule has 1 heterocycles. The first kappa shape index (κ1) is 12.6. The standard InChI is InChI=1S/C14H19N3O/c1-15-14(10-12-8-9-17(2)16-12)11-4-6-13(18-3)7-5-11/h4-9,14-15H,10H2,1-3H3. The lowest BCUT2D eigenvalue weighted by molar-refractivity contribution is 0.414. The van der Waals surface area contributed by atoms with E-state index < -0.39 is 0 Å². The van der Waals surface area contributed by atoms with E-state index in [-0.39, 0.29) is 6.04 Å². The number of hydrogen-bond donors (Lipinski definition) is 1. The Morgan fingerprint density at radius 2 is 2.00 bits per heavy atom. The van der Waals surface area contributed by atoms with Crippen molar-refractivity contribution >= 4 is 0 Å². The molecule has 96 valence electrons. The third-order valence-corrected chi connectivity index (χ3v) is 3.05. The van der Waals surface area contributed by atoms with E-state index in [1.54, 1.807) is 7.11 Å². The van der Waals surface area contributed by atoms with Crippen LogP contribution < -0.4 is 10.1 Å². The lowest BCUT2D eigenvalue weighted by atomic mass is 10.0. The number of hydrogen-bond acceptors (Lipinski definition) is 3. The minimum absolute atomic E-state index is 0.269. The summed E-state index contributed by atoms with van der Waals surface area (Å²) >= 11 is 0. The molecular weight excluding hydrogens is 226 g/mol. The molecule has 0 bridgehead atoms. The summed E-state index contributed by atoms with van der Waals surface area (Å²) in [6.45, 7) is 0. The van der Waals surface area contributed by atoms with E-state index in [1.807, 2.05) is 43.2 Å². The Morgan fingerprint density at radius 1 is 1.28 bits per heavy atom. The van der Waals surface area contributed by atoms with Gasteiger partial charge in [-0.15, -0.1) is 0 Å². The summed E-state index contributed by atoms with van der Waals surface area (Å²) in [4.78, 5) is 0. The Hall–Kier alpha value is -1.81. The van der Waals surface area contributed by atoms with Gasteiger partial charge >= 0.3 is 0 Å². The van der Waals surface area contributed by atoms with Gasteiger partial charge in [0.05, 0.1) is 12.8 Å². The Balaban J connectivity index is 2.12. The summed E-state index contributed by atoms with van der Waals surface area (Å²) in [5, 5.41) is 7.73. The maximum Gasteiger partial charge on any atom is 0.118 e. The number of nitrogens with one attached hydrogen (secondary N) is 1. The SMILES string of the molecule is CNC(Cc1ccn(C)n1)c1ccc(OC)cc1. The zero-order chi connectivity index (χ0) is 13.0. The van der Waals surface area contributed by atoms with Gasteiger partial charge in [0.15, 0.2) is 0 Å². The number of rotatable bonds is 5. The van der Waals surface area contributed by atoms with Gasteiger partial charge in [-0.25, -0.2) is 0 Å². The molecule has 1 aromatic carbocycles. The zero-order valence-corrected chi connectivity index (χ0v) is 11.1. The Bertz CT molecular complexity index is 490. The number of likely N-dealkylation sites (N-methyl/N-ethyl adjacent to an activating group) is 1. The van der Waals surface area contributed by atoms with Gasteiger partial charge in [0.25, 0.3) is 0 Å². The molecule has 0 aliphatic carbocycles. The highest BCUT2D eigenvalue weighted by Crippen LogP contribution is 2.20. The summed E-state index contributed by atoms with van der Waals surface area (Å²) < 4.78 is 7.00. The minimum Gasteiger partial charge on any atom is -0.497 e. The zero-order valence-electron chi connectivity index (χ0n) is 11.1. The van der Waals surface area contributed by atoms with Crippen molar-refractivity contribution < 1.29 is 4.74 Å². The number of ether oxygens (including phenoxy) is 1. The molecule has 18 heavy (non-hydrogen) atoms. The molecule has 1 atom stereocenters. The van der Waals surface area contributed by atoms with Gasteiger partial charge in [0.2, 0.25) is 0 Å². The molecule has 0 aliphatic rings. The van der Waals surface area contributed by atoms with Crippen LogP contribution in [0, 0.1) is 0 Å². The molecule has 2 aromatic rings. The topological polar surface area (TPSA) is 39.1 Å². The van der Waals surface area contributed by atoms with Crippen LogP contribution in [0.15, 0.2) is 36.5 Å². The summed E-state index contributed by atoms with van der Waals surface area (Å²) in [5.74, 6) is 0.881. The van der Waals surface area contributed by atoms with Crippen LogP contribution in [-0.4, -0.2) is 23.9 Å². The van der Waals surface area contributed by atoms with E-state index in [9.17, 15) is 0 Å². The molecule has 0 amide bonds. The molecule has 0 spiro atoms. The van der Waals surface area contributed by atoms with Crippen molar-refractivity contribution in [2.75, 3.05) is 14.2 Å². The molecule has 1 unspecified atom stereocenters. The third-order valence-electron chi connectivity index (χ3n) is 3.05. The van der Waals surface area contributed by atoms with Gasteiger partial charge in [0, 0.05) is 25.7 Å². The molecule has 1 aromatic heterocycles. The lowest BCUT2D eigenvalue weighted by Gasteiger charge is -2.15. The number of benzene rings is 1. The van der Waals surface area contributed by atoms with Crippen LogP contribution in [0.3, 0.4) is 0 Å². The molecule has 0 radical (unpaired) electrons. The molecule has 4 heteroatoms. The van der Waals surface area contributed by atoms with Crippen LogP contribution >= 0.6 is 0 Å². The van der Waals surface area contributed by atoms with Gasteiger partial charge in [-0.05, 0) is 30.8 Å². The number of aryl methyl sites for hydroxylation is 1. The fourth-order valence-corrected chi connectivity index (χ4v) is 2.00. The highest BCUT2D eigenvalue weighted by Gasteiger charge is 2.11. The maximum atomic E-state index is 5.17. The van der Waals surface area contributed by atoms with E-state index in [1.165, 1.54) is 5.56 Å². The first-order chi connectivity index (χ1) is 8.72. The lowest BCUT2D eigenvalue weighted by Crippen LogP contribution is -2.19. The highest BCUT2D eigenvalue weighted by atomic mass is 16.5. The van der Waals surface area contributed by atoms with Crippen molar-refractivity contribution in [1.82, 2.24) is 15.1 Å². The second-order valence-corrected chi connectivity index (χ2v) is 4.30. The molecule has 0 aliphatic heterocycles. The minimum atomic E-state index is 0.269. The number of aromatic nitrogens is 2. The quantitative estimate of drug-likeness (QED) is 0.875. The summed E-state index contributed by atoms with van der Waals surface area (Å²) in [6.07, 6.45) is 2.85. The Kier molecular flexibility index (Phi) is 3.99. The second-order valence-electron chi connectivity index (χ2n) is 4.30. The molecule has 0 saturated heterocycles. The van der Waals surface area contributed by atoms with Crippen LogP contribution in [0.4, 0.5) is 0 Å². The average Bonchev–Trinajstić information content (AvgIpc) is 2.82.